The second-order valence-electron chi connectivity index (χ2n) is 7.52. The monoisotopic (exact) mass is 501 g/mol. The van der Waals surface area contributed by atoms with Gasteiger partial charge in [0.25, 0.3) is 0 Å². The summed E-state index contributed by atoms with van der Waals surface area (Å²) in [5, 5.41) is 14.8. The maximum Gasteiger partial charge on any atom is 0.350 e. The van der Waals surface area contributed by atoms with Gasteiger partial charge < -0.3 is 20.6 Å². The zero-order valence-electron chi connectivity index (χ0n) is 17.9. The summed E-state index contributed by atoms with van der Waals surface area (Å²) in [4.78, 5) is 50.3. The Morgan fingerprint density at radius 2 is 1.78 bits per heavy atom. The van der Waals surface area contributed by atoms with Crippen LogP contribution in [0.3, 0.4) is 0 Å². The number of halogens is 2. The molecule has 1 saturated heterocycles. The van der Waals surface area contributed by atoms with Crippen LogP contribution in [0.5, 0.6) is 0 Å². The Morgan fingerprint density at radius 3 is 2.31 bits per heavy atom. The maximum absolute atomic E-state index is 12.5. The molecule has 0 saturated carbocycles. The van der Waals surface area contributed by atoms with Crippen LogP contribution in [0.2, 0.25) is 10.0 Å². The molecule has 32 heavy (non-hydrogen) atoms. The number of hydrogen-bond donors (Lipinski definition) is 3. The quantitative estimate of drug-likeness (QED) is 0.300. The first-order chi connectivity index (χ1) is 15.0. The number of thioether (sulfide) groups is 1. The summed E-state index contributed by atoms with van der Waals surface area (Å²) >= 11 is 14.0. The molecule has 0 radical (unpaired) electrons. The first-order valence-corrected chi connectivity index (χ1v) is 11.8. The molecule has 8 nitrogen and oxygen atoms in total. The highest BCUT2D eigenvalue weighted by atomic mass is 35.5. The van der Waals surface area contributed by atoms with Crippen LogP contribution >= 0.6 is 35.0 Å². The summed E-state index contributed by atoms with van der Waals surface area (Å²) < 4.78 is 0. The Balaban J connectivity index is 1.96. The summed E-state index contributed by atoms with van der Waals surface area (Å²) in [5.41, 5.74) is -1.27. The van der Waals surface area contributed by atoms with Crippen LogP contribution in [0.25, 0.3) is 6.08 Å². The van der Waals surface area contributed by atoms with Crippen LogP contribution in [0.4, 0.5) is 0 Å². The van der Waals surface area contributed by atoms with Crippen LogP contribution in [0, 0.1) is 5.92 Å². The number of carbonyl (C=O) groups is 4. The molecule has 1 heterocycles. The molecule has 0 spiro atoms. The Morgan fingerprint density at radius 1 is 1.16 bits per heavy atom. The number of amides is 3. The SMILES string of the molecule is CSc1ccc(C=CC(=O)N2CCC(C(=O)NC(C)(NC(C)=O)C(=O)O)CC2)c(Cl)c1Cl. The fourth-order valence-electron chi connectivity index (χ4n) is 3.30. The number of nitrogens with one attached hydrogen (secondary N) is 2. The number of aliphatic carboxylic acids is 1. The Bertz CT molecular complexity index is 948. The van der Waals surface area contributed by atoms with Gasteiger partial charge in [-0.3, -0.25) is 14.4 Å². The summed E-state index contributed by atoms with van der Waals surface area (Å²) in [7, 11) is 0. The molecule has 0 bridgehead atoms. The van der Waals surface area contributed by atoms with E-state index in [-0.39, 0.29) is 5.91 Å². The summed E-state index contributed by atoms with van der Waals surface area (Å²) in [6, 6.07) is 3.62. The Labute approximate surface area is 200 Å². The van der Waals surface area contributed by atoms with E-state index in [1.54, 1.807) is 17.0 Å². The van der Waals surface area contributed by atoms with Crippen molar-refractivity contribution in [3.8, 4) is 0 Å². The summed E-state index contributed by atoms with van der Waals surface area (Å²) in [6.45, 7) is 3.06. The van der Waals surface area contributed by atoms with Crippen LogP contribution in [0.1, 0.15) is 32.3 Å². The molecule has 1 unspecified atom stereocenters. The van der Waals surface area contributed by atoms with E-state index in [0.29, 0.717) is 41.5 Å². The second kappa shape index (κ2) is 11.1. The molecule has 1 atom stereocenters. The molecule has 2 rings (SSSR count). The van der Waals surface area contributed by atoms with Gasteiger partial charge in [0.05, 0.1) is 10.0 Å². The van der Waals surface area contributed by atoms with Gasteiger partial charge in [-0.15, -0.1) is 11.8 Å². The first kappa shape index (κ1) is 26.0. The van der Waals surface area contributed by atoms with Gasteiger partial charge in [-0.25, -0.2) is 4.79 Å². The van der Waals surface area contributed by atoms with Crippen molar-refractivity contribution in [2.24, 2.45) is 5.92 Å². The number of likely N-dealkylation sites (tertiary alicyclic amines) is 1. The molecule has 1 aliphatic heterocycles. The minimum Gasteiger partial charge on any atom is -0.478 e. The van der Waals surface area contributed by atoms with Gasteiger partial charge in [0.2, 0.25) is 23.4 Å². The van der Waals surface area contributed by atoms with Crippen molar-refractivity contribution in [2.75, 3.05) is 19.3 Å². The number of carboxylic acid groups (broad SMARTS) is 1. The van der Waals surface area contributed by atoms with Crippen molar-refractivity contribution in [1.29, 1.82) is 0 Å². The molecule has 174 valence electrons. The number of rotatable bonds is 7. The van der Waals surface area contributed by atoms with Crippen molar-refractivity contribution >= 4 is 64.7 Å². The van der Waals surface area contributed by atoms with Crippen molar-refractivity contribution in [3.63, 3.8) is 0 Å². The normalized spacial score (nSPS) is 16.5. The third-order valence-electron chi connectivity index (χ3n) is 5.11. The Kier molecular flexibility index (Phi) is 9.00. The van der Waals surface area contributed by atoms with Gasteiger partial charge in [-0.05, 0) is 43.7 Å². The fourth-order valence-corrected chi connectivity index (χ4v) is 4.47. The zero-order chi connectivity index (χ0) is 24.1. The van der Waals surface area contributed by atoms with Gasteiger partial charge in [-0.1, -0.05) is 29.3 Å². The zero-order valence-corrected chi connectivity index (χ0v) is 20.2. The van der Waals surface area contributed by atoms with E-state index in [1.165, 1.54) is 31.7 Å². The average Bonchev–Trinajstić information content (AvgIpc) is 2.74. The number of nitrogens with zero attached hydrogens (tertiary/aromatic N) is 1. The lowest BCUT2D eigenvalue weighted by Crippen LogP contribution is -2.64. The number of hydrogen-bond acceptors (Lipinski definition) is 5. The van der Waals surface area contributed by atoms with Gasteiger partial charge in [0.1, 0.15) is 0 Å². The highest BCUT2D eigenvalue weighted by Gasteiger charge is 2.38. The minimum atomic E-state index is -1.90. The van der Waals surface area contributed by atoms with Gasteiger partial charge in [0, 0.05) is 36.9 Å². The van der Waals surface area contributed by atoms with E-state index in [9.17, 15) is 24.3 Å². The van der Waals surface area contributed by atoms with Crippen molar-refractivity contribution < 1.29 is 24.3 Å². The molecule has 0 aliphatic carbocycles. The number of carbonyl (C=O) groups excluding carboxylic acids is 3. The van der Waals surface area contributed by atoms with E-state index < -0.39 is 29.4 Å². The third-order valence-corrected chi connectivity index (χ3v) is 6.90. The standard InChI is InChI=1S/C21H25Cl2N3O5S/c1-12(27)24-21(2,20(30)31)25-19(29)14-8-10-26(11-9-14)16(28)7-5-13-4-6-15(32-3)18(23)17(13)22/h4-7,14H,8-11H2,1-3H3,(H,24,27)(H,25,29)(H,30,31). The molecular formula is C21H25Cl2N3O5S. The summed E-state index contributed by atoms with van der Waals surface area (Å²) in [5.74, 6) is -3.13. The Hall–Kier alpha value is -2.23. The molecule has 1 aromatic rings. The van der Waals surface area contributed by atoms with Gasteiger partial charge >= 0.3 is 5.97 Å². The van der Waals surface area contributed by atoms with Crippen molar-refractivity contribution in [3.05, 3.63) is 33.8 Å². The number of piperidine rings is 1. The van der Waals surface area contributed by atoms with Crippen molar-refractivity contribution in [1.82, 2.24) is 15.5 Å². The number of carboxylic acids is 1. The second-order valence-corrected chi connectivity index (χ2v) is 9.12. The first-order valence-electron chi connectivity index (χ1n) is 9.81. The van der Waals surface area contributed by atoms with Crippen LogP contribution in [0.15, 0.2) is 23.1 Å². The molecule has 11 heteroatoms. The lowest BCUT2D eigenvalue weighted by molar-refractivity contribution is -0.151. The topological polar surface area (TPSA) is 116 Å². The predicted molar refractivity (Wildman–Crippen MR) is 125 cm³/mol. The maximum atomic E-state index is 12.5. The molecule has 3 amide bonds. The highest BCUT2D eigenvalue weighted by molar-refractivity contribution is 7.98. The van der Waals surface area contributed by atoms with Gasteiger partial charge in [0.15, 0.2) is 0 Å². The minimum absolute atomic E-state index is 0.224. The van der Waals surface area contributed by atoms with E-state index in [2.05, 4.69) is 10.6 Å². The largest absolute Gasteiger partial charge is 0.478 e. The third kappa shape index (κ3) is 6.40. The van der Waals surface area contributed by atoms with Crippen LogP contribution in [-0.4, -0.2) is 58.7 Å². The van der Waals surface area contributed by atoms with Crippen molar-refractivity contribution in [2.45, 2.75) is 37.2 Å². The summed E-state index contributed by atoms with van der Waals surface area (Å²) in [6.07, 6.45) is 5.65. The average molecular weight is 502 g/mol. The van der Waals surface area contributed by atoms with Gasteiger partial charge in [-0.2, -0.15) is 0 Å². The lowest BCUT2D eigenvalue weighted by Gasteiger charge is -2.33. The molecule has 1 fully saturated rings. The van der Waals surface area contributed by atoms with E-state index in [4.69, 9.17) is 23.2 Å². The molecular weight excluding hydrogens is 477 g/mol. The van der Waals surface area contributed by atoms with E-state index >= 15 is 0 Å². The lowest BCUT2D eigenvalue weighted by atomic mass is 9.95. The number of benzene rings is 1. The van der Waals surface area contributed by atoms with E-state index in [0.717, 1.165) is 4.90 Å². The fraction of sp³-hybridized carbons (Fsp3) is 0.429. The predicted octanol–water partition coefficient (Wildman–Crippen LogP) is 3.02. The molecule has 0 aromatic heterocycles. The molecule has 1 aromatic carbocycles. The van der Waals surface area contributed by atoms with E-state index in [1.807, 2.05) is 12.3 Å². The van der Waals surface area contributed by atoms with Crippen LogP contribution in [-0.2, 0) is 19.2 Å². The molecule has 3 N–H and O–H groups in total. The molecule has 1 aliphatic rings. The highest BCUT2D eigenvalue weighted by Crippen LogP contribution is 2.35. The van der Waals surface area contributed by atoms with Crippen LogP contribution < -0.4 is 10.6 Å². The smallest absolute Gasteiger partial charge is 0.350 e.